The number of halogens is 3. The van der Waals surface area contributed by atoms with Crippen LogP contribution in [0, 0.1) is 6.92 Å². The normalized spacial score (nSPS) is 11.9. The first-order valence-electron chi connectivity index (χ1n) is 12.1. The lowest BCUT2D eigenvalue weighted by atomic mass is 10.0. The zero-order valence-electron chi connectivity index (χ0n) is 20.7. The van der Waals surface area contributed by atoms with Crippen LogP contribution in [0.15, 0.2) is 60.8 Å². The van der Waals surface area contributed by atoms with E-state index in [0.717, 1.165) is 31.0 Å². The van der Waals surface area contributed by atoms with Crippen molar-refractivity contribution >= 4 is 16.7 Å². The molecule has 0 saturated carbocycles. The largest absolute Gasteiger partial charge is 0.418 e. The van der Waals surface area contributed by atoms with Crippen LogP contribution < -0.4 is 5.32 Å². The number of benzene rings is 2. The van der Waals surface area contributed by atoms with E-state index in [-0.39, 0.29) is 5.69 Å². The Bertz CT molecular complexity index is 1330. The van der Waals surface area contributed by atoms with E-state index in [1.165, 1.54) is 23.4 Å². The second-order valence-electron chi connectivity index (χ2n) is 8.68. The Morgan fingerprint density at radius 3 is 2.44 bits per heavy atom. The number of aromatic nitrogens is 3. The van der Waals surface area contributed by atoms with Gasteiger partial charge in [-0.15, -0.1) is 0 Å². The quantitative estimate of drug-likeness (QED) is 0.288. The average Bonchev–Trinajstić information content (AvgIpc) is 2.87. The van der Waals surface area contributed by atoms with Crippen molar-refractivity contribution in [3.8, 4) is 11.3 Å². The van der Waals surface area contributed by atoms with Gasteiger partial charge < -0.3 is 5.32 Å². The molecule has 0 bridgehead atoms. The predicted molar refractivity (Wildman–Crippen MR) is 138 cm³/mol. The minimum absolute atomic E-state index is 0.107. The number of nitrogens with zero attached hydrogens (tertiary/aromatic N) is 4. The van der Waals surface area contributed by atoms with Gasteiger partial charge in [-0.3, -0.25) is 9.88 Å². The van der Waals surface area contributed by atoms with E-state index in [0.29, 0.717) is 35.8 Å². The van der Waals surface area contributed by atoms with Gasteiger partial charge in [-0.1, -0.05) is 44.2 Å². The molecule has 0 unspecified atom stereocenters. The first-order chi connectivity index (χ1) is 17.3. The van der Waals surface area contributed by atoms with Crippen LogP contribution in [0.2, 0.25) is 0 Å². The molecule has 36 heavy (non-hydrogen) atoms. The van der Waals surface area contributed by atoms with E-state index < -0.39 is 11.7 Å². The topological polar surface area (TPSA) is 53.9 Å². The van der Waals surface area contributed by atoms with Crippen LogP contribution in [0.25, 0.3) is 22.2 Å². The summed E-state index contributed by atoms with van der Waals surface area (Å²) in [6, 6.07) is 15.7. The average molecular weight is 494 g/mol. The Morgan fingerprint density at radius 2 is 1.72 bits per heavy atom. The zero-order valence-corrected chi connectivity index (χ0v) is 20.7. The summed E-state index contributed by atoms with van der Waals surface area (Å²) < 4.78 is 40.9. The van der Waals surface area contributed by atoms with Gasteiger partial charge in [0.1, 0.15) is 11.6 Å². The lowest BCUT2D eigenvalue weighted by Gasteiger charge is -2.18. The molecule has 0 amide bonds. The summed E-state index contributed by atoms with van der Waals surface area (Å²) in [5.74, 6) is 1.30. The van der Waals surface area contributed by atoms with Gasteiger partial charge in [0.05, 0.1) is 23.3 Å². The van der Waals surface area contributed by atoms with E-state index in [9.17, 15) is 13.2 Å². The lowest BCUT2D eigenvalue weighted by molar-refractivity contribution is -0.137. The molecule has 188 valence electrons. The summed E-state index contributed by atoms with van der Waals surface area (Å²) in [5, 5.41) is 4.20. The SMILES string of the molecule is CCN(CC)Cc1nc(NCCc2ccccc2C)c2ccc(-c3ncccc3C(F)(F)F)cc2n1. The number of fused-ring (bicyclic) bond motifs is 1. The Balaban J connectivity index is 1.72. The van der Waals surface area contributed by atoms with E-state index in [1.807, 2.05) is 12.1 Å². The van der Waals surface area contributed by atoms with Gasteiger partial charge >= 0.3 is 6.18 Å². The number of pyridine rings is 1. The molecule has 0 saturated heterocycles. The third-order valence-corrected chi connectivity index (χ3v) is 6.34. The van der Waals surface area contributed by atoms with Gasteiger partial charge in [0, 0.05) is 23.7 Å². The van der Waals surface area contributed by atoms with Gasteiger partial charge in [0.15, 0.2) is 0 Å². The molecular weight excluding hydrogens is 463 g/mol. The second-order valence-corrected chi connectivity index (χ2v) is 8.68. The maximum atomic E-state index is 13.6. The summed E-state index contributed by atoms with van der Waals surface area (Å²) in [6.07, 6.45) is -2.30. The number of anilines is 1. The molecule has 5 nitrogen and oxygen atoms in total. The molecule has 0 radical (unpaired) electrons. The van der Waals surface area contributed by atoms with Crippen LogP contribution >= 0.6 is 0 Å². The fraction of sp³-hybridized carbons (Fsp3) is 0.321. The van der Waals surface area contributed by atoms with Crippen LogP contribution in [-0.4, -0.2) is 39.5 Å². The lowest BCUT2D eigenvalue weighted by Crippen LogP contribution is -2.23. The summed E-state index contributed by atoms with van der Waals surface area (Å²) in [5.41, 5.74) is 2.57. The monoisotopic (exact) mass is 493 g/mol. The highest BCUT2D eigenvalue weighted by Crippen LogP contribution is 2.36. The molecule has 2 aromatic carbocycles. The summed E-state index contributed by atoms with van der Waals surface area (Å²) >= 11 is 0. The smallest absolute Gasteiger partial charge is 0.369 e. The summed E-state index contributed by atoms with van der Waals surface area (Å²) in [6.45, 7) is 9.14. The molecule has 0 spiro atoms. The van der Waals surface area contributed by atoms with Crippen molar-refractivity contribution in [2.75, 3.05) is 25.0 Å². The molecule has 0 aliphatic carbocycles. The highest BCUT2D eigenvalue weighted by molar-refractivity contribution is 5.92. The van der Waals surface area contributed by atoms with E-state index in [1.54, 1.807) is 18.2 Å². The Morgan fingerprint density at radius 1 is 0.944 bits per heavy atom. The van der Waals surface area contributed by atoms with Crippen molar-refractivity contribution in [1.29, 1.82) is 0 Å². The highest BCUT2D eigenvalue weighted by Gasteiger charge is 2.34. The third-order valence-electron chi connectivity index (χ3n) is 6.34. The van der Waals surface area contributed by atoms with Crippen molar-refractivity contribution in [2.45, 2.75) is 39.9 Å². The highest BCUT2D eigenvalue weighted by atomic mass is 19.4. The number of nitrogens with one attached hydrogen (secondary N) is 1. The predicted octanol–water partition coefficient (Wildman–Crippen LogP) is 6.52. The number of alkyl halides is 3. The Hall–Kier alpha value is -3.52. The zero-order chi connectivity index (χ0) is 25.7. The fourth-order valence-electron chi connectivity index (χ4n) is 4.25. The molecule has 1 N–H and O–H groups in total. The van der Waals surface area contributed by atoms with Gasteiger partial charge in [0.25, 0.3) is 0 Å². The van der Waals surface area contributed by atoms with Gasteiger partial charge in [-0.05, 0) is 61.8 Å². The molecular formula is C28H30F3N5. The van der Waals surface area contributed by atoms with Crippen LogP contribution in [-0.2, 0) is 19.1 Å². The van der Waals surface area contributed by atoms with Crippen LogP contribution in [0.5, 0.6) is 0 Å². The van der Waals surface area contributed by atoms with E-state index in [4.69, 9.17) is 9.97 Å². The van der Waals surface area contributed by atoms with Crippen molar-refractivity contribution in [3.05, 3.63) is 83.3 Å². The van der Waals surface area contributed by atoms with E-state index >= 15 is 0 Å². The molecule has 2 aromatic heterocycles. The van der Waals surface area contributed by atoms with E-state index in [2.05, 4.69) is 48.1 Å². The number of rotatable bonds is 9. The first kappa shape index (κ1) is 25.6. The van der Waals surface area contributed by atoms with Crippen LogP contribution in [0.3, 0.4) is 0 Å². The number of hydrogen-bond donors (Lipinski definition) is 1. The van der Waals surface area contributed by atoms with Crippen molar-refractivity contribution in [1.82, 2.24) is 19.9 Å². The van der Waals surface area contributed by atoms with Gasteiger partial charge in [-0.2, -0.15) is 13.2 Å². The Labute approximate surface area is 209 Å². The standard InChI is InChI=1S/C28H30F3N5/c1-4-36(5-2)18-25-34-24-17-21(26-23(28(29,30)31)11-8-15-32-26)12-13-22(24)27(35-25)33-16-14-20-10-7-6-9-19(20)3/h6-13,15,17H,4-5,14,16,18H2,1-3H3,(H,33,34,35). The molecule has 0 atom stereocenters. The van der Waals surface area contributed by atoms with Crippen molar-refractivity contribution in [2.24, 2.45) is 0 Å². The minimum atomic E-state index is -4.50. The van der Waals surface area contributed by atoms with Crippen LogP contribution in [0.4, 0.5) is 19.0 Å². The number of aryl methyl sites for hydroxylation is 1. The van der Waals surface area contributed by atoms with Crippen LogP contribution in [0.1, 0.15) is 36.4 Å². The number of hydrogen-bond acceptors (Lipinski definition) is 5. The van der Waals surface area contributed by atoms with Crippen molar-refractivity contribution < 1.29 is 13.2 Å². The Kier molecular flexibility index (Phi) is 7.84. The van der Waals surface area contributed by atoms with Crippen molar-refractivity contribution in [3.63, 3.8) is 0 Å². The first-order valence-corrected chi connectivity index (χ1v) is 12.1. The molecule has 0 fully saturated rings. The van der Waals surface area contributed by atoms with Gasteiger partial charge in [-0.25, -0.2) is 9.97 Å². The summed E-state index contributed by atoms with van der Waals surface area (Å²) in [4.78, 5) is 15.8. The molecule has 2 heterocycles. The third kappa shape index (κ3) is 5.82. The minimum Gasteiger partial charge on any atom is -0.369 e. The van der Waals surface area contributed by atoms with Gasteiger partial charge in [0.2, 0.25) is 0 Å². The molecule has 0 aliphatic heterocycles. The molecule has 4 aromatic rings. The second kappa shape index (κ2) is 11.0. The molecule has 0 aliphatic rings. The maximum absolute atomic E-state index is 13.6. The molecule has 4 rings (SSSR count). The molecule has 8 heteroatoms. The maximum Gasteiger partial charge on any atom is 0.418 e. The summed E-state index contributed by atoms with van der Waals surface area (Å²) in [7, 11) is 0. The fourth-order valence-corrected chi connectivity index (χ4v) is 4.25.